The van der Waals surface area contributed by atoms with Crippen LogP contribution in [-0.4, -0.2) is 18.5 Å². The lowest BCUT2D eigenvalue weighted by atomic mass is 10.1. The van der Waals surface area contributed by atoms with Crippen LogP contribution < -0.4 is 10.6 Å². The molecule has 1 rings (SSSR count). The summed E-state index contributed by atoms with van der Waals surface area (Å²) >= 11 is 0. The van der Waals surface area contributed by atoms with Crippen LogP contribution in [-0.2, 0) is 11.2 Å². The van der Waals surface area contributed by atoms with Gasteiger partial charge in [0.15, 0.2) is 0 Å². The number of hydrogen-bond donors (Lipinski definition) is 2. The van der Waals surface area contributed by atoms with Gasteiger partial charge in [0, 0.05) is 12.2 Å². The van der Waals surface area contributed by atoms with E-state index < -0.39 is 0 Å². The van der Waals surface area contributed by atoms with E-state index in [1.807, 2.05) is 25.1 Å². The molecular weight excluding hydrogens is 224 g/mol. The van der Waals surface area contributed by atoms with E-state index in [0.717, 1.165) is 18.7 Å². The molecule has 0 aliphatic heterocycles. The number of amides is 1. The number of aryl methyl sites for hydroxylation is 1. The van der Waals surface area contributed by atoms with Crippen LogP contribution in [0.1, 0.15) is 33.3 Å². The lowest BCUT2D eigenvalue weighted by Gasteiger charge is -2.18. The Morgan fingerprint density at radius 2 is 1.89 bits per heavy atom. The van der Waals surface area contributed by atoms with Gasteiger partial charge in [-0.1, -0.05) is 39.0 Å². The van der Waals surface area contributed by atoms with Gasteiger partial charge in [-0.05, 0) is 30.9 Å². The van der Waals surface area contributed by atoms with Gasteiger partial charge in [-0.15, -0.1) is 0 Å². The van der Waals surface area contributed by atoms with Crippen molar-refractivity contribution in [2.45, 2.75) is 40.2 Å². The molecule has 100 valence electrons. The Morgan fingerprint density at radius 3 is 2.50 bits per heavy atom. The van der Waals surface area contributed by atoms with Crippen molar-refractivity contribution in [2.75, 3.05) is 11.9 Å². The molecule has 0 heterocycles. The molecule has 3 heteroatoms. The van der Waals surface area contributed by atoms with Crippen molar-refractivity contribution in [2.24, 2.45) is 5.92 Å². The van der Waals surface area contributed by atoms with Crippen LogP contribution in [0.15, 0.2) is 24.3 Å². The zero-order chi connectivity index (χ0) is 13.5. The van der Waals surface area contributed by atoms with Crippen LogP contribution in [0.2, 0.25) is 0 Å². The lowest BCUT2D eigenvalue weighted by Crippen LogP contribution is -2.39. The maximum absolute atomic E-state index is 11.9. The highest BCUT2D eigenvalue weighted by atomic mass is 16.2. The summed E-state index contributed by atoms with van der Waals surface area (Å²) in [5.74, 6) is 0.527. The average Bonchev–Trinajstić information content (AvgIpc) is 2.36. The van der Waals surface area contributed by atoms with Gasteiger partial charge in [-0.25, -0.2) is 0 Å². The van der Waals surface area contributed by atoms with Gasteiger partial charge in [0.25, 0.3) is 0 Å². The second-order valence-electron chi connectivity index (χ2n) is 5.02. The van der Waals surface area contributed by atoms with Crippen molar-refractivity contribution in [3.05, 3.63) is 29.8 Å². The van der Waals surface area contributed by atoms with Crippen LogP contribution >= 0.6 is 0 Å². The van der Waals surface area contributed by atoms with Crippen molar-refractivity contribution in [1.82, 2.24) is 5.32 Å². The Bertz CT molecular complexity index is 388. The second kappa shape index (κ2) is 7.04. The van der Waals surface area contributed by atoms with E-state index in [9.17, 15) is 4.79 Å². The van der Waals surface area contributed by atoms with Crippen molar-refractivity contribution < 1.29 is 4.79 Å². The van der Waals surface area contributed by atoms with Crippen molar-refractivity contribution in [3.8, 4) is 0 Å². The molecule has 0 aliphatic carbocycles. The number of carbonyl (C=O) groups excluding carboxylic acids is 1. The van der Waals surface area contributed by atoms with Gasteiger partial charge in [-0.3, -0.25) is 4.79 Å². The van der Waals surface area contributed by atoms with Crippen molar-refractivity contribution in [1.29, 1.82) is 0 Å². The van der Waals surface area contributed by atoms with Gasteiger partial charge in [0.2, 0.25) is 5.91 Å². The molecule has 0 saturated heterocycles. The molecule has 1 amide bonds. The molecule has 1 aromatic carbocycles. The van der Waals surface area contributed by atoms with Crippen molar-refractivity contribution in [3.63, 3.8) is 0 Å². The van der Waals surface area contributed by atoms with Crippen LogP contribution in [0.3, 0.4) is 0 Å². The van der Waals surface area contributed by atoms with E-state index in [-0.39, 0.29) is 11.9 Å². The van der Waals surface area contributed by atoms with E-state index in [0.29, 0.717) is 5.92 Å². The average molecular weight is 248 g/mol. The Morgan fingerprint density at radius 1 is 1.22 bits per heavy atom. The summed E-state index contributed by atoms with van der Waals surface area (Å²) in [6.07, 6.45) is 0.962. The third-order valence-electron chi connectivity index (χ3n) is 2.85. The maximum Gasteiger partial charge on any atom is 0.242 e. The normalized spacial score (nSPS) is 12.3. The minimum Gasteiger partial charge on any atom is -0.374 e. The van der Waals surface area contributed by atoms with E-state index in [1.165, 1.54) is 5.56 Å². The minimum atomic E-state index is -0.212. The number of para-hydroxylation sites is 1. The maximum atomic E-state index is 11.9. The fraction of sp³-hybridized carbons (Fsp3) is 0.533. The summed E-state index contributed by atoms with van der Waals surface area (Å²) in [6.45, 7) is 8.90. The molecule has 1 unspecified atom stereocenters. The predicted molar refractivity (Wildman–Crippen MR) is 76.8 cm³/mol. The van der Waals surface area contributed by atoms with Gasteiger partial charge >= 0.3 is 0 Å². The summed E-state index contributed by atoms with van der Waals surface area (Å²) < 4.78 is 0. The quantitative estimate of drug-likeness (QED) is 0.813. The highest BCUT2D eigenvalue weighted by molar-refractivity contribution is 5.84. The summed E-state index contributed by atoms with van der Waals surface area (Å²) in [4.78, 5) is 11.9. The van der Waals surface area contributed by atoms with E-state index in [1.54, 1.807) is 0 Å². The van der Waals surface area contributed by atoms with Crippen molar-refractivity contribution >= 4 is 11.6 Å². The fourth-order valence-electron chi connectivity index (χ4n) is 1.73. The SMILES string of the molecule is CCc1ccccc1NC(C)C(=O)NCC(C)C. The number of hydrogen-bond acceptors (Lipinski definition) is 2. The zero-order valence-corrected chi connectivity index (χ0v) is 11.8. The first kappa shape index (κ1) is 14.6. The van der Waals surface area contributed by atoms with Crippen LogP contribution in [0.4, 0.5) is 5.69 Å². The third kappa shape index (κ3) is 4.40. The molecule has 0 radical (unpaired) electrons. The summed E-state index contributed by atoms with van der Waals surface area (Å²) in [7, 11) is 0. The molecule has 0 aliphatic rings. The summed E-state index contributed by atoms with van der Waals surface area (Å²) in [6, 6.07) is 7.90. The monoisotopic (exact) mass is 248 g/mol. The summed E-state index contributed by atoms with van der Waals surface area (Å²) in [5, 5.41) is 6.21. The molecular formula is C15H24N2O. The van der Waals surface area contributed by atoms with Gasteiger partial charge in [0.1, 0.15) is 6.04 Å². The highest BCUT2D eigenvalue weighted by Gasteiger charge is 2.13. The molecule has 0 bridgehead atoms. The molecule has 3 nitrogen and oxygen atoms in total. The zero-order valence-electron chi connectivity index (χ0n) is 11.8. The first-order valence-electron chi connectivity index (χ1n) is 6.66. The van der Waals surface area contributed by atoms with E-state index in [4.69, 9.17) is 0 Å². The molecule has 0 aromatic heterocycles. The van der Waals surface area contributed by atoms with Crippen LogP contribution in [0.5, 0.6) is 0 Å². The number of rotatable bonds is 6. The Hall–Kier alpha value is -1.51. The Balaban J connectivity index is 2.58. The first-order valence-corrected chi connectivity index (χ1v) is 6.66. The second-order valence-corrected chi connectivity index (χ2v) is 5.02. The predicted octanol–water partition coefficient (Wildman–Crippen LogP) is 2.82. The molecule has 0 saturated carbocycles. The molecule has 1 atom stereocenters. The molecule has 0 fully saturated rings. The van der Waals surface area contributed by atoms with Gasteiger partial charge in [0.05, 0.1) is 0 Å². The summed E-state index contributed by atoms with van der Waals surface area (Å²) in [5.41, 5.74) is 2.29. The third-order valence-corrected chi connectivity index (χ3v) is 2.85. The van der Waals surface area contributed by atoms with Crippen LogP contribution in [0, 0.1) is 5.92 Å². The molecule has 18 heavy (non-hydrogen) atoms. The van der Waals surface area contributed by atoms with E-state index in [2.05, 4.69) is 37.5 Å². The Kier molecular flexibility index (Phi) is 5.69. The Labute approximate surface area is 110 Å². The topological polar surface area (TPSA) is 41.1 Å². The minimum absolute atomic E-state index is 0.0506. The smallest absolute Gasteiger partial charge is 0.242 e. The molecule has 0 spiro atoms. The number of carbonyl (C=O) groups is 1. The highest BCUT2D eigenvalue weighted by Crippen LogP contribution is 2.16. The van der Waals surface area contributed by atoms with Gasteiger partial charge < -0.3 is 10.6 Å². The largest absolute Gasteiger partial charge is 0.374 e. The number of nitrogens with one attached hydrogen (secondary N) is 2. The number of anilines is 1. The van der Waals surface area contributed by atoms with E-state index >= 15 is 0 Å². The molecule has 2 N–H and O–H groups in total. The van der Waals surface area contributed by atoms with Crippen LogP contribution in [0.25, 0.3) is 0 Å². The molecule has 1 aromatic rings. The lowest BCUT2D eigenvalue weighted by molar-refractivity contribution is -0.121. The van der Waals surface area contributed by atoms with Gasteiger partial charge in [-0.2, -0.15) is 0 Å². The standard InChI is InChI=1S/C15H24N2O/c1-5-13-8-6-7-9-14(13)17-12(4)15(18)16-10-11(2)3/h6-9,11-12,17H,5,10H2,1-4H3,(H,16,18). The first-order chi connectivity index (χ1) is 8.54. The number of benzene rings is 1. The fourth-order valence-corrected chi connectivity index (χ4v) is 1.73.